The van der Waals surface area contributed by atoms with Gasteiger partial charge in [-0.05, 0) is 18.3 Å². The smallest absolute Gasteiger partial charge is 0.227 e. The second-order valence-corrected chi connectivity index (χ2v) is 6.41. The highest BCUT2D eigenvalue weighted by Gasteiger charge is 2.28. The number of nitrogens with zero attached hydrogens (tertiary/aromatic N) is 3. The molecule has 2 rings (SSSR count). The van der Waals surface area contributed by atoms with Gasteiger partial charge in [0.1, 0.15) is 0 Å². The van der Waals surface area contributed by atoms with E-state index in [1.165, 1.54) is 6.42 Å². The summed E-state index contributed by atoms with van der Waals surface area (Å²) in [6, 6.07) is 0. The first-order valence-corrected chi connectivity index (χ1v) is 7.30. The maximum absolute atomic E-state index is 12.5. The number of piperidine rings is 1. The van der Waals surface area contributed by atoms with Gasteiger partial charge in [-0.2, -0.15) is 5.10 Å². The Hall–Kier alpha value is -1.03. The fraction of sp³-hybridized carbons (Fsp3) is 0.714. The van der Waals surface area contributed by atoms with Crippen molar-refractivity contribution in [2.75, 3.05) is 13.1 Å². The van der Waals surface area contributed by atoms with E-state index in [2.05, 4.69) is 18.9 Å². The van der Waals surface area contributed by atoms with Crippen molar-refractivity contribution < 1.29 is 4.79 Å². The van der Waals surface area contributed by atoms with Gasteiger partial charge in [-0.25, -0.2) is 0 Å². The Morgan fingerprint density at radius 3 is 2.63 bits per heavy atom. The van der Waals surface area contributed by atoms with Crippen molar-refractivity contribution in [1.29, 1.82) is 0 Å². The molecule has 4 nitrogen and oxygen atoms in total. The lowest BCUT2D eigenvalue weighted by Crippen LogP contribution is -2.45. The third-order valence-corrected chi connectivity index (χ3v) is 3.86. The van der Waals surface area contributed by atoms with Gasteiger partial charge >= 0.3 is 0 Å². The Morgan fingerprint density at radius 2 is 2.11 bits per heavy atom. The van der Waals surface area contributed by atoms with Crippen LogP contribution in [0.15, 0.2) is 12.4 Å². The molecule has 0 saturated carbocycles. The molecule has 2 heterocycles. The zero-order valence-corrected chi connectivity index (χ0v) is 12.6. The van der Waals surface area contributed by atoms with Gasteiger partial charge in [-0.3, -0.25) is 9.48 Å². The van der Waals surface area contributed by atoms with Gasteiger partial charge in [0.15, 0.2) is 0 Å². The van der Waals surface area contributed by atoms with E-state index < -0.39 is 0 Å². The SMILES string of the molecule is CC1CC(C)CN(C(=O)C(C)Cn2cc(Cl)cn2)C1. The van der Waals surface area contributed by atoms with Crippen LogP contribution in [0.25, 0.3) is 0 Å². The molecule has 0 aliphatic carbocycles. The average molecular weight is 284 g/mol. The summed E-state index contributed by atoms with van der Waals surface area (Å²) in [4.78, 5) is 14.5. The van der Waals surface area contributed by atoms with Crippen LogP contribution in [0.4, 0.5) is 0 Å². The van der Waals surface area contributed by atoms with Gasteiger partial charge in [-0.1, -0.05) is 32.4 Å². The Kier molecular flexibility index (Phi) is 4.50. The first-order valence-electron chi connectivity index (χ1n) is 6.92. The summed E-state index contributed by atoms with van der Waals surface area (Å²) in [5, 5.41) is 4.74. The maximum atomic E-state index is 12.5. The Bertz CT molecular complexity index is 436. The first-order chi connectivity index (χ1) is 8.95. The van der Waals surface area contributed by atoms with Gasteiger partial charge in [0, 0.05) is 19.3 Å². The van der Waals surface area contributed by atoms with Crippen molar-refractivity contribution in [3.8, 4) is 0 Å². The fourth-order valence-corrected chi connectivity index (χ4v) is 3.11. The van der Waals surface area contributed by atoms with Crippen LogP contribution in [0.3, 0.4) is 0 Å². The van der Waals surface area contributed by atoms with E-state index in [4.69, 9.17) is 11.6 Å². The highest BCUT2D eigenvalue weighted by atomic mass is 35.5. The number of carbonyl (C=O) groups excluding carboxylic acids is 1. The van der Waals surface area contributed by atoms with Crippen molar-refractivity contribution in [3.63, 3.8) is 0 Å². The van der Waals surface area contributed by atoms with Crippen molar-refractivity contribution in [2.45, 2.75) is 33.7 Å². The Balaban J connectivity index is 1.94. The second kappa shape index (κ2) is 5.95. The number of halogens is 1. The van der Waals surface area contributed by atoms with Crippen LogP contribution in [0.1, 0.15) is 27.2 Å². The van der Waals surface area contributed by atoms with E-state index in [9.17, 15) is 4.79 Å². The van der Waals surface area contributed by atoms with Crippen LogP contribution >= 0.6 is 11.6 Å². The summed E-state index contributed by atoms with van der Waals surface area (Å²) >= 11 is 5.83. The minimum atomic E-state index is -0.0616. The van der Waals surface area contributed by atoms with Crippen LogP contribution in [-0.4, -0.2) is 33.7 Å². The van der Waals surface area contributed by atoms with E-state index in [1.807, 2.05) is 11.8 Å². The van der Waals surface area contributed by atoms with Crippen LogP contribution < -0.4 is 0 Å². The number of hydrogen-bond donors (Lipinski definition) is 0. The van der Waals surface area contributed by atoms with E-state index in [0.29, 0.717) is 23.4 Å². The molecular formula is C14H22ClN3O. The standard InChI is InChI=1S/C14H22ClN3O/c1-10-4-11(2)7-17(6-10)14(19)12(3)8-18-9-13(15)5-16-18/h5,9-12H,4,6-8H2,1-3H3. The lowest BCUT2D eigenvalue weighted by Gasteiger charge is -2.36. The number of amides is 1. The van der Waals surface area contributed by atoms with Crippen molar-refractivity contribution >= 4 is 17.5 Å². The maximum Gasteiger partial charge on any atom is 0.227 e. The number of rotatable bonds is 3. The lowest BCUT2D eigenvalue weighted by molar-refractivity contribution is -0.138. The highest BCUT2D eigenvalue weighted by molar-refractivity contribution is 6.30. The van der Waals surface area contributed by atoms with Crippen LogP contribution in [0.2, 0.25) is 5.02 Å². The monoisotopic (exact) mass is 283 g/mol. The summed E-state index contributed by atoms with van der Waals surface area (Å²) in [6.45, 7) is 8.75. The highest BCUT2D eigenvalue weighted by Crippen LogP contribution is 2.22. The second-order valence-electron chi connectivity index (χ2n) is 5.97. The third-order valence-electron chi connectivity index (χ3n) is 3.66. The van der Waals surface area contributed by atoms with Crippen LogP contribution in [0, 0.1) is 17.8 Å². The van der Waals surface area contributed by atoms with E-state index in [0.717, 1.165) is 13.1 Å². The molecule has 0 N–H and O–H groups in total. The molecule has 1 saturated heterocycles. The van der Waals surface area contributed by atoms with Crippen molar-refractivity contribution in [3.05, 3.63) is 17.4 Å². The fourth-order valence-electron chi connectivity index (χ4n) is 2.95. The van der Waals surface area contributed by atoms with E-state index in [-0.39, 0.29) is 11.8 Å². The molecule has 1 amide bonds. The molecule has 5 heteroatoms. The largest absolute Gasteiger partial charge is 0.342 e. The van der Waals surface area contributed by atoms with Gasteiger partial charge in [0.2, 0.25) is 5.91 Å². The summed E-state index contributed by atoms with van der Waals surface area (Å²) < 4.78 is 1.74. The molecule has 106 valence electrons. The molecule has 0 radical (unpaired) electrons. The minimum absolute atomic E-state index is 0.0616. The topological polar surface area (TPSA) is 38.1 Å². The molecule has 19 heavy (non-hydrogen) atoms. The van der Waals surface area contributed by atoms with Crippen molar-refractivity contribution in [1.82, 2.24) is 14.7 Å². The van der Waals surface area contributed by atoms with Crippen LogP contribution in [-0.2, 0) is 11.3 Å². The molecule has 1 fully saturated rings. The van der Waals surface area contributed by atoms with Gasteiger partial charge in [0.25, 0.3) is 0 Å². The molecule has 3 atom stereocenters. The quantitative estimate of drug-likeness (QED) is 0.855. The molecule has 1 aromatic rings. The number of carbonyl (C=O) groups is 1. The third kappa shape index (κ3) is 3.72. The lowest BCUT2D eigenvalue weighted by atomic mass is 9.91. The molecule has 1 aromatic heterocycles. The van der Waals surface area contributed by atoms with Gasteiger partial charge < -0.3 is 4.90 Å². The normalized spacial score (nSPS) is 25.4. The van der Waals surface area contributed by atoms with Crippen LogP contribution in [0.5, 0.6) is 0 Å². The number of likely N-dealkylation sites (tertiary alicyclic amines) is 1. The molecule has 1 aliphatic rings. The van der Waals surface area contributed by atoms with E-state index >= 15 is 0 Å². The molecule has 0 aromatic carbocycles. The molecular weight excluding hydrogens is 262 g/mol. The summed E-state index contributed by atoms with van der Waals surface area (Å²) in [5.74, 6) is 1.36. The first kappa shape index (κ1) is 14.4. The zero-order valence-electron chi connectivity index (χ0n) is 11.8. The number of hydrogen-bond acceptors (Lipinski definition) is 2. The average Bonchev–Trinajstić information content (AvgIpc) is 2.72. The summed E-state index contributed by atoms with van der Waals surface area (Å²) in [6.07, 6.45) is 4.57. The predicted molar refractivity (Wildman–Crippen MR) is 75.9 cm³/mol. The van der Waals surface area contributed by atoms with Gasteiger partial charge in [-0.15, -0.1) is 0 Å². The molecule has 1 aliphatic heterocycles. The van der Waals surface area contributed by atoms with E-state index in [1.54, 1.807) is 17.1 Å². The minimum Gasteiger partial charge on any atom is -0.342 e. The Morgan fingerprint density at radius 1 is 1.47 bits per heavy atom. The molecule has 0 bridgehead atoms. The predicted octanol–water partition coefficient (Wildman–Crippen LogP) is 2.68. The Labute approximate surface area is 119 Å². The molecule has 0 spiro atoms. The zero-order chi connectivity index (χ0) is 14.0. The van der Waals surface area contributed by atoms with Gasteiger partial charge in [0.05, 0.1) is 23.7 Å². The van der Waals surface area contributed by atoms with Crippen molar-refractivity contribution in [2.24, 2.45) is 17.8 Å². The summed E-state index contributed by atoms with van der Waals surface area (Å²) in [5.41, 5.74) is 0. The number of aromatic nitrogens is 2. The molecule has 3 unspecified atom stereocenters. The summed E-state index contributed by atoms with van der Waals surface area (Å²) in [7, 11) is 0.